The average molecular weight is 341 g/mol. The van der Waals surface area contributed by atoms with Crippen LogP contribution in [0.25, 0.3) is 0 Å². The minimum absolute atomic E-state index is 0.00662. The summed E-state index contributed by atoms with van der Waals surface area (Å²) in [5.41, 5.74) is -0.735. The number of carbonyl (C=O) groups is 1. The van der Waals surface area contributed by atoms with E-state index in [9.17, 15) is 9.90 Å². The lowest BCUT2D eigenvalue weighted by Crippen LogP contribution is -2.48. The monoisotopic (exact) mass is 341 g/mol. The minimum Gasteiger partial charge on any atom is -0.465 e. The summed E-state index contributed by atoms with van der Waals surface area (Å²) in [6, 6.07) is -0.0153. The Morgan fingerprint density at radius 1 is 1.12 bits per heavy atom. The highest BCUT2D eigenvalue weighted by atomic mass is 16.6. The maximum Gasteiger partial charge on any atom is 0.409 e. The number of ether oxygens (including phenoxy) is 1. The molecule has 5 nitrogen and oxygen atoms in total. The highest BCUT2D eigenvalue weighted by molar-refractivity contribution is 5.66. The van der Waals surface area contributed by atoms with Crippen LogP contribution in [0.5, 0.6) is 0 Å². The molecule has 1 saturated heterocycles. The summed E-state index contributed by atoms with van der Waals surface area (Å²) in [6.07, 6.45) is 11.3. The van der Waals surface area contributed by atoms with Crippen molar-refractivity contribution in [2.24, 2.45) is 5.92 Å². The number of carboxylic acid groups (broad SMARTS) is 1. The molecule has 0 radical (unpaired) electrons. The van der Waals surface area contributed by atoms with E-state index in [2.05, 4.69) is 0 Å². The van der Waals surface area contributed by atoms with Crippen LogP contribution < -0.4 is 0 Å². The van der Waals surface area contributed by atoms with Gasteiger partial charge >= 0.3 is 6.09 Å². The van der Waals surface area contributed by atoms with E-state index in [1.165, 1.54) is 32.1 Å². The van der Waals surface area contributed by atoms with Gasteiger partial charge in [-0.05, 0) is 39.0 Å². The van der Waals surface area contributed by atoms with E-state index in [1.54, 1.807) is 4.90 Å². The van der Waals surface area contributed by atoms with Crippen molar-refractivity contribution in [2.75, 3.05) is 6.61 Å². The van der Waals surface area contributed by atoms with Crippen molar-refractivity contribution in [3.63, 3.8) is 0 Å². The summed E-state index contributed by atoms with van der Waals surface area (Å²) in [7, 11) is 0. The van der Waals surface area contributed by atoms with Crippen molar-refractivity contribution >= 4 is 6.09 Å². The Morgan fingerprint density at radius 3 is 2.42 bits per heavy atom. The molecular formula is C19H35NO4. The smallest absolute Gasteiger partial charge is 0.409 e. The first-order chi connectivity index (χ1) is 11.5. The van der Waals surface area contributed by atoms with Gasteiger partial charge in [0.2, 0.25) is 0 Å². The largest absolute Gasteiger partial charge is 0.465 e. The summed E-state index contributed by atoms with van der Waals surface area (Å²) in [6.45, 7) is 4.01. The van der Waals surface area contributed by atoms with Gasteiger partial charge in [0.1, 0.15) is 5.72 Å². The van der Waals surface area contributed by atoms with Gasteiger partial charge in [-0.15, -0.1) is 0 Å². The van der Waals surface area contributed by atoms with Crippen molar-refractivity contribution in [1.82, 2.24) is 4.90 Å². The number of unbranched alkanes of at least 4 members (excludes halogenated alkanes) is 3. The van der Waals surface area contributed by atoms with Gasteiger partial charge in [0.15, 0.2) is 0 Å². The predicted molar refractivity (Wildman–Crippen MR) is 94.0 cm³/mol. The second kappa shape index (κ2) is 9.04. The number of rotatable bonds is 8. The van der Waals surface area contributed by atoms with E-state index in [0.717, 1.165) is 38.5 Å². The van der Waals surface area contributed by atoms with Crippen molar-refractivity contribution < 1.29 is 19.7 Å². The Labute approximate surface area is 146 Å². The van der Waals surface area contributed by atoms with Crippen LogP contribution in [0.3, 0.4) is 0 Å². The van der Waals surface area contributed by atoms with Crippen LogP contribution in [0.4, 0.5) is 4.79 Å². The molecule has 0 aromatic rings. The van der Waals surface area contributed by atoms with Crippen LogP contribution in [-0.4, -0.2) is 45.7 Å². The predicted octanol–water partition coefficient (Wildman–Crippen LogP) is 4.38. The zero-order valence-electron chi connectivity index (χ0n) is 15.4. The standard InChI is InChI=1S/C19H35NO4/c1-19(2)20(18(22)23)16(14-15-10-6-5-7-11-15)17(24-19)12-8-3-4-9-13-21/h15-17,21H,3-14H2,1-2H3,(H,22,23)/t16-,17-/m0/s1. The third kappa shape index (κ3) is 5.09. The lowest BCUT2D eigenvalue weighted by molar-refractivity contribution is -0.0682. The first kappa shape index (κ1) is 19.5. The molecule has 2 aliphatic rings. The number of amides is 1. The maximum atomic E-state index is 11.8. The van der Waals surface area contributed by atoms with Crippen molar-refractivity contribution in [2.45, 2.75) is 102 Å². The summed E-state index contributed by atoms with van der Waals surface area (Å²) in [4.78, 5) is 13.4. The van der Waals surface area contributed by atoms with Gasteiger partial charge in [0.25, 0.3) is 0 Å². The van der Waals surface area contributed by atoms with Crippen LogP contribution >= 0.6 is 0 Å². The number of hydrogen-bond donors (Lipinski definition) is 2. The molecule has 0 spiro atoms. The van der Waals surface area contributed by atoms with Gasteiger partial charge in [0.05, 0.1) is 12.1 Å². The van der Waals surface area contributed by atoms with E-state index < -0.39 is 11.8 Å². The highest BCUT2D eigenvalue weighted by Crippen LogP contribution is 2.39. The van der Waals surface area contributed by atoms with E-state index in [0.29, 0.717) is 5.92 Å². The van der Waals surface area contributed by atoms with E-state index >= 15 is 0 Å². The molecule has 0 aromatic carbocycles. The van der Waals surface area contributed by atoms with Gasteiger partial charge < -0.3 is 14.9 Å². The Balaban J connectivity index is 1.98. The van der Waals surface area contributed by atoms with Crippen LogP contribution in [0.2, 0.25) is 0 Å². The lowest BCUT2D eigenvalue weighted by Gasteiger charge is -2.33. The number of aliphatic hydroxyl groups is 1. The van der Waals surface area contributed by atoms with Gasteiger partial charge in [-0.1, -0.05) is 51.4 Å². The molecule has 2 atom stereocenters. The van der Waals surface area contributed by atoms with Gasteiger partial charge in [-0.3, -0.25) is 4.90 Å². The van der Waals surface area contributed by atoms with Gasteiger partial charge in [-0.2, -0.15) is 0 Å². The fraction of sp³-hybridized carbons (Fsp3) is 0.947. The molecule has 2 rings (SSSR count). The second-order valence-electron chi connectivity index (χ2n) is 7.99. The number of hydrogen-bond acceptors (Lipinski definition) is 3. The molecule has 5 heteroatoms. The molecule has 1 aliphatic carbocycles. The highest BCUT2D eigenvalue weighted by Gasteiger charge is 2.50. The molecule has 140 valence electrons. The molecule has 1 heterocycles. The number of nitrogens with zero attached hydrogens (tertiary/aromatic N) is 1. The summed E-state index contributed by atoms with van der Waals surface area (Å²) in [5, 5.41) is 18.6. The number of aliphatic hydroxyl groups excluding tert-OH is 1. The fourth-order valence-corrected chi connectivity index (χ4v) is 4.53. The molecule has 1 aliphatic heterocycles. The zero-order chi connectivity index (χ0) is 17.6. The van der Waals surface area contributed by atoms with Crippen LogP contribution in [-0.2, 0) is 4.74 Å². The van der Waals surface area contributed by atoms with Crippen molar-refractivity contribution in [3.8, 4) is 0 Å². The van der Waals surface area contributed by atoms with E-state index in [-0.39, 0.29) is 18.8 Å². The molecule has 1 amide bonds. The Morgan fingerprint density at radius 2 is 1.79 bits per heavy atom. The summed E-state index contributed by atoms with van der Waals surface area (Å²) >= 11 is 0. The molecule has 0 unspecified atom stereocenters. The fourth-order valence-electron chi connectivity index (χ4n) is 4.53. The van der Waals surface area contributed by atoms with Crippen molar-refractivity contribution in [3.05, 3.63) is 0 Å². The van der Waals surface area contributed by atoms with E-state index in [4.69, 9.17) is 9.84 Å². The average Bonchev–Trinajstić information content (AvgIpc) is 2.78. The lowest BCUT2D eigenvalue weighted by atomic mass is 9.83. The third-order valence-corrected chi connectivity index (χ3v) is 5.68. The first-order valence-corrected chi connectivity index (χ1v) is 9.76. The summed E-state index contributed by atoms with van der Waals surface area (Å²) < 4.78 is 6.18. The quantitative estimate of drug-likeness (QED) is 0.643. The van der Waals surface area contributed by atoms with Gasteiger partial charge in [0, 0.05) is 6.61 Å². The third-order valence-electron chi connectivity index (χ3n) is 5.68. The van der Waals surface area contributed by atoms with Crippen molar-refractivity contribution in [1.29, 1.82) is 0 Å². The van der Waals surface area contributed by atoms with Crippen LogP contribution in [0.1, 0.15) is 84.5 Å². The zero-order valence-corrected chi connectivity index (χ0v) is 15.4. The van der Waals surface area contributed by atoms with E-state index in [1.807, 2.05) is 13.8 Å². The minimum atomic E-state index is -0.858. The second-order valence-corrected chi connectivity index (χ2v) is 7.99. The molecule has 1 saturated carbocycles. The maximum absolute atomic E-state index is 11.8. The Hall–Kier alpha value is -0.810. The normalized spacial score (nSPS) is 27.5. The molecule has 24 heavy (non-hydrogen) atoms. The van der Waals surface area contributed by atoms with Crippen LogP contribution in [0, 0.1) is 5.92 Å². The van der Waals surface area contributed by atoms with Crippen LogP contribution in [0.15, 0.2) is 0 Å². The molecule has 0 aromatic heterocycles. The molecule has 2 fully saturated rings. The Bertz CT molecular complexity index is 393. The summed E-state index contributed by atoms with van der Waals surface area (Å²) in [5.74, 6) is 0.639. The SMILES string of the molecule is CC1(C)O[C@@H](CCCCCCO)[C@H](CC2CCCCC2)N1C(=O)O. The molecular weight excluding hydrogens is 306 g/mol. The molecule has 0 bridgehead atoms. The molecule has 2 N–H and O–H groups in total. The topological polar surface area (TPSA) is 70.0 Å². The van der Waals surface area contributed by atoms with Gasteiger partial charge in [-0.25, -0.2) is 4.79 Å². The first-order valence-electron chi connectivity index (χ1n) is 9.76. The Kier molecular flexibility index (Phi) is 7.35.